The summed E-state index contributed by atoms with van der Waals surface area (Å²) in [5, 5.41) is 4.78. The van der Waals surface area contributed by atoms with E-state index in [4.69, 9.17) is 17.4 Å². The van der Waals surface area contributed by atoms with Crippen LogP contribution in [0.5, 0.6) is 0 Å². The second-order valence-corrected chi connectivity index (χ2v) is 3.27. The van der Waals surface area contributed by atoms with Gasteiger partial charge in [0.2, 0.25) is 0 Å². The highest BCUT2D eigenvalue weighted by molar-refractivity contribution is 6.31. The zero-order valence-corrected chi connectivity index (χ0v) is 7.97. The predicted octanol–water partition coefficient (Wildman–Crippen LogP) is 1.08. The summed E-state index contributed by atoms with van der Waals surface area (Å²) in [6, 6.07) is 0.306. The molecule has 0 aliphatic rings. The van der Waals surface area contributed by atoms with Crippen molar-refractivity contribution in [3.05, 3.63) is 16.9 Å². The summed E-state index contributed by atoms with van der Waals surface area (Å²) in [7, 11) is 0. The Kier molecular flexibility index (Phi) is 3.08. The zero-order chi connectivity index (χ0) is 9.14. The van der Waals surface area contributed by atoms with Gasteiger partial charge in [-0.05, 0) is 13.8 Å². The van der Waals surface area contributed by atoms with E-state index in [2.05, 4.69) is 10.5 Å². The Hall–Kier alpha value is -0.580. The number of nitrogens with two attached hydrogens (primary N) is 1. The molecule has 1 heterocycles. The zero-order valence-electron chi connectivity index (χ0n) is 7.21. The van der Waals surface area contributed by atoms with Gasteiger partial charge >= 0.3 is 0 Å². The molecule has 0 saturated carbocycles. The highest BCUT2D eigenvalue weighted by atomic mass is 35.5. The first-order valence-electron chi connectivity index (χ1n) is 3.82. The third-order valence-corrected chi connectivity index (χ3v) is 1.92. The lowest BCUT2D eigenvalue weighted by Gasteiger charge is -2.10. The van der Waals surface area contributed by atoms with Gasteiger partial charge < -0.3 is 0 Å². The average molecular weight is 189 g/mol. The molecule has 5 heteroatoms. The van der Waals surface area contributed by atoms with Crippen LogP contribution < -0.4 is 11.3 Å². The smallest absolute Gasteiger partial charge is 0.0831 e. The van der Waals surface area contributed by atoms with E-state index in [-0.39, 0.29) is 0 Å². The van der Waals surface area contributed by atoms with E-state index in [1.165, 1.54) is 0 Å². The van der Waals surface area contributed by atoms with Crippen molar-refractivity contribution in [1.29, 1.82) is 0 Å². The highest BCUT2D eigenvalue weighted by Crippen LogP contribution is 2.17. The number of halogens is 1. The molecule has 1 aromatic heterocycles. The van der Waals surface area contributed by atoms with Crippen LogP contribution in [0.3, 0.4) is 0 Å². The van der Waals surface area contributed by atoms with E-state index in [1.54, 1.807) is 6.20 Å². The van der Waals surface area contributed by atoms with Gasteiger partial charge in [-0.1, -0.05) is 11.6 Å². The van der Waals surface area contributed by atoms with E-state index in [9.17, 15) is 0 Å². The molecule has 0 bridgehead atoms. The number of rotatable bonds is 3. The molecule has 12 heavy (non-hydrogen) atoms. The van der Waals surface area contributed by atoms with E-state index in [1.807, 2.05) is 18.5 Å². The number of nitrogens with zero attached hydrogens (tertiary/aromatic N) is 2. The van der Waals surface area contributed by atoms with E-state index < -0.39 is 0 Å². The lowest BCUT2D eigenvalue weighted by Crippen LogP contribution is -2.23. The Balaban J connectivity index is 2.95. The molecule has 3 N–H and O–H groups in total. The first kappa shape index (κ1) is 9.51. The van der Waals surface area contributed by atoms with Crippen molar-refractivity contribution in [2.45, 2.75) is 26.4 Å². The topological polar surface area (TPSA) is 55.9 Å². The number of aromatic nitrogens is 2. The Morgan fingerprint density at radius 1 is 1.75 bits per heavy atom. The predicted molar refractivity (Wildman–Crippen MR) is 48.6 cm³/mol. The van der Waals surface area contributed by atoms with Crippen molar-refractivity contribution >= 4 is 11.6 Å². The summed E-state index contributed by atoms with van der Waals surface area (Å²) in [5.41, 5.74) is 3.49. The van der Waals surface area contributed by atoms with Crippen LogP contribution in [0.4, 0.5) is 0 Å². The van der Waals surface area contributed by atoms with Crippen molar-refractivity contribution in [2.75, 3.05) is 0 Å². The number of hydrogen-bond donors (Lipinski definition) is 2. The molecular formula is C7H13ClN4. The maximum Gasteiger partial charge on any atom is 0.0831 e. The fourth-order valence-electron chi connectivity index (χ4n) is 1.07. The second-order valence-electron chi connectivity index (χ2n) is 2.86. The number of nitrogens with one attached hydrogen (secondary N) is 1. The van der Waals surface area contributed by atoms with Crippen LogP contribution in [0.1, 0.15) is 25.6 Å². The van der Waals surface area contributed by atoms with Gasteiger partial charge in [-0.15, -0.1) is 0 Å². The van der Waals surface area contributed by atoms with Gasteiger partial charge in [-0.2, -0.15) is 5.10 Å². The fourth-order valence-corrected chi connectivity index (χ4v) is 1.27. The van der Waals surface area contributed by atoms with Crippen LogP contribution in [0.25, 0.3) is 0 Å². The molecule has 4 nitrogen and oxygen atoms in total. The summed E-state index contributed by atoms with van der Waals surface area (Å²) in [5.74, 6) is 5.21. The lowest BCUT2D eigenvalue weighted by molar-refractivity contribution is 0.498. The molecule has 0 aromatic carbocycles. The standard InChI is InChI=1S/C7H13ClN4/c1-5(2)12-7(4-10-9)6(8)3-11-12/h3,5,10H,4,9H2,1-2H3. The third kappa shape index (κ3) is 1.77. The number of hydrogen-bond acceptors (Lipinski definition) is 3. The summed E-state index contributed by atoms with van der Waals surface area (Å²) in [6.45, 7) is 4.63. The Bertz CT molecular complexity index is 256. The molecule has 0 saturated heterocycles. The molecule has 68 valence electrons. The van der Waals surface area contributed by atoms with Gasteiger partial charge in [0, 0.05) is 6.04 Å². The van der Waals surface area contributed by atoms with Gasteiger partial charge in [0.1, 0.15) is 0 Å². The van der Waals surface area contributed by atoms with Gasteiger partial charge in [0.25, 0.3) is 0 Å². The van der Waals surface area contributed by atoms with Crippen LogP contribution in [0.2, 0.25) is 5.02 Å². The van der Waals surface area contributed by atoms with Crippen molar-refractivity contribution in [2.24, 2.45) is 5.84 Å². The van der Waals surface area contributed by atoms with Crippen molar-refractivity contribution < 1.29 is 0 Å². The van der Waals surface area contributed by atoms with Crippen LogP contribution >= 0.6 is 11.6 Å². The van der Waals surface area contributed by atoms with E-state index in [0.717, 1.165) is 5.69 Å². The Morgan fingerprint density at radius 2 is 2.42 bits per heavy atom. The summed E-state index contributed by atoms with van der Waals surface area (Å²) >= 11 is 5.89. The Morgan fingerprint density at radius 3 is 2.92 bits per heavy atom. The maximum atomic E-state index is 5.89. The summed E-state index contributed by atoms with van der Waals surface area (Å²) in [6.07, 6.45) is 1.63. The molecule has 1 rings (SSSR count). The minimum absolute atomic E-state index is 0.306. The highest BCUT2D eigenvalue weighted by Gasteiger charge is 2.09. The number of hydrazine groups is 1. The van der Waals surface area contributed by atoms with Crippen LogP contribution in [-0.4, -0.2) is 9.78 Å². The van der Waals surface area contributed by atoms with Crippen LogP contribution in [0.15, 0.2) is 6.20 Å². The van der Waals surface area contributed by atoms with E-state index >= 15 is 0 Å². The minimum Gasteiger partial charge on any atom is -0.271 e. The molecule has 0 aliphatic carbocycles. The average Bonchev–Trinajstić information content (AvgIpc) is 2.34. The monoisotopic (exact) mass is 188 g/mol. The normalized spacial score (nSPS) is 11.1. The first-order valence-corrected chi connectivity index (χ1v) is 4.20. The largest absolute Gasteiger partial charge is 0.271 e. The summed E-state index contributed by atoms with van der Waals surface area (Å²) in [4.78, 5) is 0. The Labute approximate surface area is 76.7 Å². The van der Waals surface area contributed by atoms with Gasteiger partial charge in [0.15, 0.2) is 0 Å². The summed E-state index contributed by atoms with van der Waals surface area (Å²) < 4.78 is 1.85. The first-order chi connectivity index (χ1) is 5.66. The third-order valence-electron chi connectivity index (χ3n) is 1.61. The van der Waals surface area contributed by atoms with Crippen LogP contribution in [0, 0.1) is 0 Å². The molecule has 0 atom stereocenters. The molecule has 0 fully saturated rings. The van der Waals surface area contributed by atoms with Crippen molar-refractivity contribution in [3.8, 4) is 0 Å². The van der Waals surface area contributed by atoms with Crippen molar-refractivity contribution in [3.63, 3.8) is 0 Å². The molecule has 0 amide bonds. The lowest BCUT2D eigenvalue weighted by atomic mass is 10.3. The quantitative estimate of drug-likeness (QED) is 0.552. The molecule has 1 aromatic rings. The van der Waals surface area contributed by atoms with Crippen LogP contribution in [-0.2, 0) is 6.54 Å². The van der Waals surface area contributed by atoms with Crippen molar-refractivity contribution in [1.82, 2.24) is 15.2 Å². The van der Waals surface area contributed by atoms with E-state index in [0.29, 0.717) is 17.6 Å². The minimum atomic E-state index is 0.306. The SMILES string of the molecule is CC(C)n1ncc(Cl)c1CNN. The second kappa shape index (κ2) is 3.89. The van der Waals surface area contributed by atoms with Gasteiger partial charge in [0.05, 0.1) is 23.5 Å². The molecule has 0 radical (unpaired) electrons. The van der Waals surface area contributed by atoms with Gasteiger partial charge in [-0.25, -0.2) is 0 Å². The molecule has 0 aliphatic heterocycles. The molecule has 0 spiro atoms. The van der Waals surface area contributed by atoms with Gasteiger partial charge in [-0.3, -0.25) is 16.0 Å². The molecular weight excluding hydrogens is 176 g/mol. The fraction of sp³-hybridized carbons (Fsp3) is 0.571. The molecule has 0 unspecified atom stereocenters. The maximum absolute atomic E-state index is 5.89.